The number of nitrogens with zero attached hydrogens (tertiary/aromatic N) is 2. The molecule has 0 saturated carbocycles. The third-order valence-corrected chi connectivity index (χ3v) is 7.10. The van der Waals surface area contributed by atoms with E-state index in [1.165, 1.54) is 0 Å². The number of piperidine rings is 1. The number of hydrogen-bond donors (Lipinski definition) is 1. The zero-order valence-electron chi connectivity index (χ0n) is 16.1. The van der Waals surface area contributed by atoms with Crippen molar-refractivity contribution in [3.63, 3.8) is 0 Å². The number of benzene rings is 1. The molecule has 6 nitrogen and oxygen atoms in total. The number of hydrogen-bond acceptors (Lipinski definition) is 6. The molecular weight excluding hydrogens is 362 g/mol. The minimum atomic E-state index is -3.20. The standard InChI is InChI=1S/C20H31N3O3S/c1-2-26-16-10-20-21-11-14-23(20)18-8-12-22(13-9-18)15-17-27(24,25)19-6-4-3-5-7-19/h3-7,11,14,18,20-21H,2,8-10,12-13,15-17H2,1H3. The van der Waals surface area contributed by atoms with Crippen molar-refractivity contribution in [2.45, 2.75) is 43.3 Å². The fourth-order valence-corrected chi connectivity index (χ4v) is 5.12. The molecule has 1 aromatic rings. The lowest BCUT2D eigenvalue weighted by molar-refractivity contribution is 0.0845. The van der Waals surface area contributed by atoms with E-state index in [-0.39, 0.29) is 5.75 Å². The fourth-order valence-electron chi connectivity index (χ4n) is 3.81. The Morgan fingerprint density at radius 3 is 2.63 bits per heavy atom. The predicted octanol–water partition coefficient (Wildman–Crippen LogP) is 2.05. The minimum absolute atomic E-state index is 0.184. The monoisotopic (exact) mass is 393 g/mol. The second-order valence-electron chi connectivity index (χ2n) is 7.14. The van der Waals surface area contributed by atoms with Gasteiger partial charge < -0.3 is 19.9 Å². The van der Waals surface area contributed by atoms with Crippen molar-refractivity contribution in [1.29, 1.82) is 0 Å². The maximum atomic E-state index is 12.5. The minimum Gasteiger partial charge on any atom is -0.382 e. The highest BCUT2D eigenvalue weighted by Gasteiger charge is 2.29. The molecule has 0 aliphatic carbocycles. The molecule has 0 bridgehead atoms. The van der Waals surface area contributed by atoms with Gasteiger partial charge in [0, 0.05) is 51.1 Å². The van der Waals surface area contributed by atoms with Crippen LogP contribution < -0.4 is 5.32 Å². The van der Waals surface area contributed by atoms with Crippen molar-refractivity contribution >= 4 is 9.84 Å². The van der Waals surface area contributed by atoms with Crippen molar-refractivity contribution in [3.05, 3.63) is 42.7 Å². The van der Waals surface area contributed by atoms with E-state index in [0.29, 0.717) is 23.6 Å². The molecule has 0 aromatic heterocycles. The van der Waals surface area contributed by atoms with Crippen LogP contribution >= 0.6 is 0 Å². The van der Waals surface area contributed by atoms with E-state index in [1.807, 2.05) is 19.2 Å². The fraction of sp³-hybridized carbons (Fsp3) is 0.600. The highest BCUT2D eigenvalue weighted by molar-refractivity contribution is 7.91. The van der Waals surface area contributed by atoms with Gasteiger partial charge in [0.15, 0.2) is 9.84 Å². The molecule has 1 unspecified atom stereocenters. The molecule has 2 aliphatic heterocycles. The third kappa shape index (κ3) is 5.46. The van der Waals surface area contributed by atoms with Crippen LogP contribution in [0.5, 0.6) is 0 Å². The lowest BCUT2D eigenvalue weighted by Gasteiger charge is -2.39. The summed E-state index contributed by atoms with van der Waals surface area (Å²) in [6, 6.07) is 9.25. The molecule has 2 heterocycles. The molecule has 1 saturated heterocycles. The van der Waals surface area contributed by atoms with Crippen LogP contribution in [0.3, 0.4) is 0 Å². The topological polar surface area (TPSA) is 61.9 Å². The molecule has 2 aliphatic rings. The summed E-state index contributed by atoms with van der Waals surface area (Å²) < 4.78 is 30.4. The average Bonchev–Trinajstić information content (AvgIpc) is 3.16. The van der Waals surface area contributed by atoms with Gasteiger partial charge in [-0.25, -0.2) is 8.42 Å². The molecule has 1 atom stereocenters. The van der Waals surface area contributed by atoms with Crippen LogP contribution in [0.25, 0.3) is 0 Å². The van der Waals surface area contributed by atoms with Crippen LogP contribution in [-0.2, 0) is 14.6 Å². The smallest absolute Gasteiger partial charge is 0.179 e. The summed E-state index contributed by atoms with van der Waals surface area (Å²) in [7, 11) is -3.20. The van der Waals surface area contributed by atoms with E-state index in [9.17, 15) is 8.42 Å². The van der Waals surface area contributed by atoms with Crippen molar-refractivity contribution in [2.24, 2.45) is 0 Å². The third-order valence-electron chi connectivity index (χ3n) is 5.39. The van der Waals surface area contributed by atoms with Gasteiger partial charge in [-0.05, 0) is 31.9 Å². The average molecular weight is 394 g/mol. The summed E-state index contributed by atoms with van der Waals surface area (Å²) >= 11 is 0. The van der Waals surface area contributed by atoms with Crippen molar-refractivity contribution in [2.75, 3.05) is 38.6 Å². The molecule has 0 radical (unpaired) electrons. The first-order valence-electron chi connectivity index (χ1n) is 9.88. The largest absolute Gasteiger partial charge is 0.382 e. The molecule has 0 amide bonds. The zero-order valence-corrected chi connectivity index (χ0v) is 16.9. The molecule has 1 N–H and O–H groups in total. The Kier molecular flexibility index (Phi) is 7.15. The van der Waals surface area contributed by atoms with E-state index in [2.05, 4.69) is 21.3 Å². The number of rotatable bonds is 9. The maximum absolute atomic E-state index is 12.5. The Balaban J connectivity index is 1.44. The van der Waals surface area contributed by atoms with Crippen molar-refractivity contribution < 1.29 is 13.2 Å². The Labute approximate surface area is 163 Å². The van der Waals surface area contributed by atoms with Gasteiger partial charge in [-0.2, -0.15) is 0 Å². The van der Waals surface area contributed by atoms with E-state index < -0.39 is 9.84 Å². The normalized spacial score (nSPS) is 21.5. The summed E-state index contributed by atoms with van der Waals surface area (Å²) in [5.74, 6) is 0.184. The molecule has 0 spiro atoms. The Hall–Kier alpha value is -1.57. The Morgan fingerprint density at radius 1 is 1.19 bits per heavy atom. The maximum Gasteiger partial charge on any atom is 0.179 e. The first-order valence-corrected chi connectivity index (χ1v) is 11.5. The summed E-state index contributed by atoms with van der Waals surface area (Å²) in [5, 5.41) is 3.41. The van der Waals surface area contributed by atoms with Gasteiger partial charge >= 0.3 is 0 Å². The first-order chi connectivity index (χ1) is 13.1. The van der Waals surface area contributed by atoms with E-state index in [4.69, 9.17) is 4.74 Å². The molecule has 1 aromatic carbocycles. The number of nitrogens with one attached hydrogen (secondary N) is 1. The van der Waals surface area contributed by atoms with Crippen LogP contribution in [0.15, 0.2) is 47.6 Å². The summed E-state index contributed by atoms with van der Waals surface area (Å²) in [6.07, 6.45) is 7.57. The number of sulfone groups is 1. The van der Waals surface area contributed by atoms with Gasteiger partial charge in [-0.3, -0.25) is 0 Å². The van der Waals surface area contributed by atoms with Gasteiger partial charge in [0.05, 0.1) is 17.3 Å². The highest BCUT2D eigenvalue weighted by Crippen LogP contribution is 2.22. The van der Waals surface area contributed by atoms with Crippen LogP contribution in [0.4, 0.5) is 0 Å². The van der Waals surface area contributed by atoms with Crippen LogP contribution in [0.2, 0.25) is 0 Å². The molecule has 1 fully saturated rings. The van der Waals surface area contributed by atoms with E-state index in [1.54, 1.807) is 24.3 Å². The number of ether oxygens (including phenoxy) is 1. The molecule has 150 valence electrons. The summed E-state index contributed by atoms with van der Waals surface area (Å²) in [6.45, 7) is 6.03. The van der Waals surface area contributed by atoms with Crippen LogP contribution in [0, 0.1) is 0 Å². The van der Waals surface area contributed by atoms with Crippen LogP contribution in [0.1, 0.15) is 26.2 Å². The lowest BCUT2D eigenvalue weighted by atomic mass is 10.0. The molecule has 3 rings (SSSR count). The summed E-state index contributed by atoms with van der Waals surface area (Å²) in [5.41, 5.74) is 0. The Morgan fingerprint density at radius 2 is 1.93 bits per heavy atom. The molecule has 7 heteroatoms. The second kappa shape index (κ2) is 9.57. The van der Waals surface area contributed by atoms with Crippen LogP contribution in [-0.4, -0.2) is 69.0 Å². The highest BCUT2D eigenvalue weighted by atomic mass is 32.2. The predicted molar refractivity (Wildman–Crippen MR) is 107 cm³/mol. The van der Waals surface area contributed by atoms with Gasteiger partial charge in [-0.15, -0.1) is 0 Å². The van der Waals surface area contributed by atoms with Gasteiger partial charge in [0.1, 0.15) is 6.17 Å². The van der Waals surface area contributed by atoms with E-state index in [0.717, 1.165) is 45.6 Å². The van der Waals surface area contributed by atoms with Gasteiger partial charge in [0.25, 0.3) is 0 Å². The van der Waals surface area contributed by atoms with Crippen molar-refractivity contribution in [3.8, 4) is 0 Å². The Bertz CT molecular complexity index is 700. The summed E-state index contributed by atoms with van der Waals surface area (Å²) in [4.78, 5) is 5.11. The second-order valence-corrected chi connectivity index (χ2v) is 9.24. The van der Waals surface area contributed by atoms with Crippen molar-refractivity contribution in [1.82, 2.24) is 15.1 Å². The zero-order chi connectivity index (χ0) is 19.1. The molecule has 27 heavy (non-hydrogen) atoms. The van der Waals surface area contributed by atoms with Gasteiger partial charge in [0.2, 0.25) is 0 Å². The lowest BCUT2D eigenvalue weighted by Crippen LogP contribution is -2.48. The molecular formula is C20H31N3O3S. The van der Waals surface area contributed by atoms with E-state index >= 15 is 0 Å². The SMILES string of the molecule is CCOCCC1NC=CN1C1CCN(CCS(=O)(=O)c2ccccc2)CC1. The number of likely N-dealkylation sites (tertiary alicyclic amines) is 1. The van der Waals surface area contributed by atoms with Gasteiger partial charge in [-0.1, -0.05) is 18.2 Å². The quantitative estimate of drug-likeness (QED) is 0.648. The first kappa shape index (κ1) is 20.2.